The molecule has 1 saturated heterocycles. The predicted molar refractivity (Wildman–Crippen MR) is 66.2 cm³/mol. The van der Waals surface area contributed by atoms with Gasteiger partial charge in [0.15, 0.2) is 0 Å². The number of amides is 1. The van der Waals surface area contributed by atoms with Crippen molar-refractivity contribution in [1.29, 1.82) is 0 Å². The SMILES string of the molecule is CC(C)CC1COS(=O)(=O)N1C(=O)OC(C)(C)C. The molecule has 0 spiro atoms. The molecule has 0 saturated carbocycles. The summed E-state index contributed by atoms with van der Waals surface area (Å²) in [4.78, 5) is 11.9. The maximum atomic E-state index is 11.9. The lowest BCUT2D eigenvalue weighted by Gasteiger charge is -2.26. The molecule has 0 N–H and O–H groups in total. The summed E-state index contributed by atoms with van der Waals surface area (Å²) < 4.78 is 33.9. The molecular weight excluding hydrogens is 258 g/mol. The Balaban J connectivity index is 2.89. The largest absolute Gasteiger partial charge is 0.443 e. The molecule has 0 aromatic carbocycles. The first-order valence-electron chi connectivity index (χ1n) is 5.94. The average Bonchev–Trinajstić information content (AvgIpc) is 2.36. The van der Waals surface area contributed by atoms with Gasteiger partial charge in [0.05, 0.1) is 12.6 Å². The van der Waals surface area contributed by atoms with Gasteiger partial charge in [0, 0.05) is 0 Å². The van der Waals surface area contributed by atoms with Crippen molar-refractivity contribution in [3.8, 4) is 0 Å². The van der Waals surface area contributed by atoms with E-state index < -0.39 is 28.0 Å². The highest BCUT2D eigenvalue weighted by Crippen LogP contribution is 2.26. The van der Waals surface area contributed by atoms with E-state index in [4.69, 9.17) is 8.92 Å². The van der Waals surface area contributed by atoms with Crippen LogP contribution in [0.25, 0.3) is 0 Å². The van der Waals surface area contributed by atoms with E-state index in [1.54, 1.807) is 20.8 Å². The van der Waals surface area contributed by atoms with Crippen LogP contribution in [0, 0.1) is 5.92 Å². The van der Waals surface area contributed by atoms with Crippen LogP contribution in [0.15, 0.2) is 0 Å². The molecule has 106 valence electrons. The molecule has 1 amide bonds. The zero-order valence-corrected chi connectivity index (χ0v) is 12.3. The van der Waals surface area contributed by atoms with Crippen molar-refractivity contribution >= 4 is 16.4 Å². The Labute approximate surface area is 109 Å². The van der Waals surface area contributed by atoms with Gasteiger partial charge in [0.2, 0.25) is 0 Å². The summed E-state index contributed by atoms with van der Waals surface area (Å²) in [6.45, 7) is 8.97. The molecule has 1 aliphatic rings. The predicted octanol–water partition coefficient (Wildman–Crippen LogP) is 1.91. The topological polar surface area (TPSA) is 72.9 Å². The molecule has 0 aliphatic carbocycles. The number of hydrogen-bond donors (Lipinski definition) is 0. The van der Waals surface area contributed by atoms with Gasteiger partial charge < -0.3 is 4.74 Å². The van der Waals surface area contributed by atoms with Crippen LogP contribution in [0.5, 0.6) is 0 Å². The standard InChI is InChI=1S/C11H21NO5S/c1-8(2)6-9-7-16-18(14,15)12(9)10(13)17-11(3,4)5/h8-9H,6-7H2,1-5H3. The normalized spacial score (nSPS) is 23.4. The summed E-state index contributed by atoms with van der Waals surface area (Å²) in [6.07, 6.45) is -0.316. The minimum absolute atomic E-state index is 0.000242. The molecule has 18 heavy (non-hydrogen) atoms. The summed E-state index contributed by atoms with van der Waals surface area (Å²) in [7, 11) is -3.99. The molecule has 0 bridgehead atoms. The van der Waals surface area contributed by atoms with Crippen LogP contribution >= 0.6 is 0 Å². The van der Waals surface area contributed by atoms with Crippen LogP contribution in [0.3, 0.4) is 0 Å². The summed E-state index contributed by atoms with van der Waals surface area (Å²) in [5.74, 6) is 0.261. The lowest BCUT2D eigenvalue weighted by molar-refractivity contribution is 0.0347. The molecule has 1 fully saturated rings. The van der Waals surface area contributed by atoms with Gasteiger partial charge in [-0.2, -0.15) is 12.7 Å². The van der Waals surface area contributed by atoms with Gasteiger partial charge in [0.25, 0.3) is 0 Å². The third kappa shape index (κ3) is 3.84. The Morgan fingerprint density at radius 2 is 2.00 bits per heavy atom. The molecule has 6 nitrogen and oxygen atoms in total. The second kappa shape index (κ2) is 5.05. The van der Waals surface area contributed by atoms with Crippen molar-refractivity contribution in [2.24, 2.45) is 5.92 Å². The van der Waals surface area contributed by atoms with E-state index in [0.717, 1.165) is 4.31 Å². The highest BCUT2D eigenvalue weighted by molar-refractivity contribution is 7.85. The van der Waals surface area contributed by atoms with Crippen molar-refractivity contribution in [2.75, 3.05) is 6.61 Å². The molecule has 1 unspecified atom stereocenters. The van der Waals surface area contributed by atoms with Crippen LogP contribution in [-0.4, -0.2) is 37.1 Å². The number of rotatable bonds is 2. The van der Waals surface area contributed by atoms with E-state index in [-0.39, 0.29) is 12.5 Å². The fourth-order valence-corrected chi connectivity index (χ4v) is 2.90. The van der Waals surface area contributed by atoms with E-state index in [9.17, 15) is 13.2 Å². The van der Waals surface area contributed by atoms with E-state index >= 15 is 0 Å². The molecule has 1 rings (SSSR count). The van der Waals surface area contributed by atoms with Crippen molar-refractivity contribution in [1.82, 2.24) is 4.31 Å². The number of carbonyl (C=O) groups excluding carboxylic acids is 1. The molecule has 0 aromatic heterocycles. The Morgan fingerprint density at radius 1 is 1.44 bits per heavy atom. The lowest BCUT2D eigenvalue weighted by Crippen LogP contribution is -2.43. The number of nitrogens with zero attached hydrogens (tertiary/aromatic N) is 1. The first-order chi connectivity index (χ1) is 8.03. The second-order valence-electron chi connectivity index (χ2n) is 5.80. The number of ether oxygens (including phenoxy) is 1. The highest BCUT2D eigenvalue weighted by atomic mass is 32.2. The summed E-state index contributed by atoms with van der Waals surface area (Å²) in [5.41, 5.74) is -0.739. The maximum absolute atomic E-state index is 11.9. The third-order valence-electron chi connectivity index (χ3n) is 2.30. The molecule has 1 atom stereocenters. The van der Waals surface area contributed by atoms with E-state index in [0.29, 0.717) is 6.42 Å². The maximum Gasteiger partial charge on any atom is 0.426 e. The number of carbonyl (C=O) groups is 1. The van der Waals surface area contributed by atoms with E-state index in [2.05, 4.69) is 0 Å². The Morgan fingerprint density at radius 3 is 2.44 bits per heavy atom. The average molecular weight is 279 g/mol. The first-order valence-corrected chi connectivity index (χ1v) is 7.31. The molecule has 0 aromatic rings. The molecule has 1 aliphatic heterocycles. The lowest BCUT2D eigenvalue weighted by atomic mass is 10.0. The fraction of sp³-hybridized carbons (Fsp3) is 0.909. The van der Waals surface area contributed by atoms with E-state index in [1.807, 2.05) is 13.8 Å². The fourth-order valence-electron chi connectivity index (χ4n) is 1.73. The zero-order chi connectivity index (χ0) is 14.1. The van der Waals surface area contributed by atoms with Gasteiger partial charge >= 0.3 is 16.4 Å². The summed E-state index contributed by atoms with van der Waals surface area (Å²) in [5, 5.41) is 0. The van der Waals surface area contributed by atoms with Crippen molar-refractivity contribution in [3.63, 3.8) is 0 Å². The van der Waals surface area contributed by atoms with Crippen LogP contribution in [0.1, 0.15) is 41.0 Å². The smallest absolute Gasteiger partial charge is 0.426 e. The quantitative estimate of drug-likeness (QED) is 0.772. The van der Waals surface area contributed by atoms with Crippen molar-refractivity contribution in [2.45, 2.75) is 52.7 Å². The van der Waals surface area contributed by atoms with Gasteiger partial charge in [-0.3, -0.25) is 4.18 Å². The van der Waals surface area contributed by atoms with Crippen molar-refractivity contribution < 1.29 is 22.1 Å². The Kier molecular flexibility index (Phi) is 4.27. The van der Waals surface area contributed by atoms with Crippen LogP contribution in [0.4, 0.5) is 4.79 Å². The molecule has 1 heterocycles. The first kappa shape index (κ1) is 15.2. The minimum Gasteiger partial charge on any atom is -0.443 e. The van der Waals surface area contributed by atoms with E-state index in [1.165, 1.54) is 0 Å². The van der Waals surface area contributed by atoms with Gasteiger partial charge in [-0.15, -0.1) is 0 Å². The molecule has 0 radical (unpaired) electrons. The Bertz CT molecular complexity index is 410. The van der Waals surface area contributed by atoms with Gasteiger partial charge in [-0.25, -0.2) is 4.79 Å². The van der Waals surface area contributed by atoms with Gasteiger partial charge in [-0.05, 0) is 33.1 Å². The molecular formula is C11H21NO5S. The second-order valence-corrected chi connectivity index (χ2v) is 7.29. The summed E-state index contributed by atoms with van der Waals surface area (Å²) in [6, 6.07) is -0.482. The van der Waals surface area contributed by atoms with Crippen molar-refractivity contribution in [3.05, 3.63) is 0 Å². The number of hydrogen-bond acceptors (Lipinski definition) is 5. The minimum atomic E-state index is -3.99. The van der Waals surface area contributed by atoms with Gasteiger partial charge in [0.1, 0.15) is 5.60 Å². The molecule has 7 heteroatoms. The van der Waals surface area contributed by atoms with Gasteiger partial charge in [-0.1, -0.05) is 13.8 Å². The zero-order valence-electron chi connectivity index (χ0n) is 11.5. The third-order valence-corrected chi connectivity index (χ3v) is 3.66. The summed E-state index contributed by atoms with van der Waals surface area (Å²) >= 11 is 0. The van der Waals surface area contributed by atoms with Crippen LogP contribution in [-0.2, 0) is 19.2 Å². The Hall–Kier alpha value is -0.820. The van der Waals surface area contributed by atoms with Crippen LogP contribution in [0.2, 0.25) is 0 Å². The highest BCUT2D eigenvalue weighted by Gasteiger charge is 2.44. The van der Waals surface area contributed by atoms with Crippen LogP contribution < -0.4 is 0 Å². The monoisotopic (exact) mass is 279 g/mol.